The van der Waals surface area contributed by atoms with Crippen LogP contribution in [0.3, 0.4) is 0 Å². The highest BCUT2D eigenvalue weighted by Crippen LogP contribution is 2.35. The molecular weight excluding hydrogens is 356 g/mol. The van der Waals surface area contributed by atoms with Crippen LogP contribution >= 0.6 is 0 Å². The summed E-state index contributed by atoms with van der Waals surface area (Å²) in [5.74, 6) is 0.599. The van der Waals surface area contributed by atoms with Gasteiger partial charge in [0.2, 0.25) is 0 Å². The molecule has 4 rings (SSSR count). The quantitative estimate of drug-likeness (QED) is 0.539. The van der Waals surface area contributed by atoms with E-state index in [1.165, 1.54) is 6.33 Å². The van der Waals surface area contributed by atoms with Crippen LogP contribution < -0.4 is 10.2 Å². The number of rotatable bonds is 5. The van der Waals surface area contributed by atoms with Gasteiger partial charge >= 0.3 is 0 Å². The fourth-order valence-corrected chi connectivity index (χ4v) is 3.45. The topological polar surface area (TPSA) is 87.4 Å². The van der Waals surface area contributed by atoms with Crippen molar-refractivity contribution < 1.29 is 4.92 Å². The Hall–Kier alpha value is -3.26. The summed E-state index contributed by atoms with van der Waals surface area (Å²) < 4.78 is 0. The molecule has 8 nitrogen and oxygen atoms in total. The number of nitrogens with zero attached hydrogens (tertiary/aromatic N) is 5. The molecule has 0 saturated carbocycles. The van der Waals surface area contributed by atoms with Gasteiger partial charge < -0.3 is 15.1 Å². The largest absolute Gasteiger partial charge is 0.365 e. The minimum atomic E-state index is -0.318. The Morgan fingerprint density at radius 1 is 1.11 bits per heavy atom. The summed E-state index contributed by atoms with van der Waals surface area (Å²) >= 11 is 0. The van der Waals surface area contributed by atoms with Crippen LogP contribution in [-0.4, -0.2) is 53.0 Å². The molecule has 1 aliphatic heterocycles. The van der Waals surface area contributed by atoms with Crippen molar-refractivity contribution in [3.8, 4) is 0 Å². The molecule has 3 aromatic rings. The summed E-state index contributed by atoms with van der Waals surface area (Å²) in [4.78, 5) is 24.4. The Kier molecular flexibility index (Phi) is 5.03. The lowest BCUT2D eigenvalue weighted by atomic mass is 10.1. The van der Waals surface area contributed by atoms with E-state index in [4.69, 9.17) is 0 Å². The van der Waals surface area contributed by atoms with E-state index in [2.05, 4.69) is 32.1 Å². The summed E-state index contributed by atoms with van der Waals surface area (Å²) in [6.45, 7) is 3.85. The molecule has 1 fully saturated rings. The first-order chi connectivity index (χ1) is 13.6. The Morgan fingerprint density at radius 2 is 1.86 bits per heavy atom. The van der Waals surface area contributed by atoms with Crippen molar-refractivity contribution in [3.63, 3.8) is 0 Å². The maximum Gasteiger partial charge on any atom is 0.293 e. The number of piperazine rings is 1. The van der Waals surface area contributed by atoms with Crippen molar-refractivity contribution in [2.75, 3.05) is 43.4 Å². The van der Waals surface area contributed by atoms with Crippen molar-refractivity contribution >= 4 is 28.1 Å². The molecule has 0 radical (unpaired) electrons. The van der Waals surface area contributed by atoms with Crippen LogP contribution in [0.2, 0.25) is 0 Å². The average molecular weight is 378 g/mol. The first-order valence-electron chi connectivity index (χ1n) is 9.26. The van der Waals surface area contributed by atoms with Crippen LogP contribution in [0.25, 0.3) is 10.9 Å². The molecule has 1 N–H and O–H groups in total. The van der Waals surface area contributed by atoms with Gasteiger partial charge in [-0.3, -0.25) is 10.1 Å². The van der Waals surface area contributed by atoms with Crippen molar-refractivity contribution in [2.45, 2.75) is 6.54 Å². The highest BCUT2D eigenvalue weighted by molar-refractivity contribution is 5.94. The van der Waals surface area contributed by atoms with Crippen LogP contribution in [0.1, 0.15) is 5.56 Å². The van der Waals surface area contributed by atoms with Gasteiger partial charge in [-0.2, -0.15) is 0 Å². The van der Waals surface area contributed by atoms with Gasteiger partial charge in [-0.25, -0.2) is 9.97 Å². The van der Waals surface area contributed by atoms with Crippen molar-refractivity contribution in [2.24, 2.45) is 0 Å². The molecule has 1 aromatic heterocycles. The van der Waals surface area contributed by atoms with Crippen molar-refractivity contribution in [3.05, 3.63) is 64.5 Å². The molecule has 0 bridgehead atoms. The predicted molar refractivity (Wildman–Crippen MR) is 110 cm³/mol. The smallest absolute Gasteiger partial charge is 0.293 e. The summed E-state index contributed by atoms with van der Waals surface area (Å²) in [6, 6.07) is 13.4. The number of hydrogen-bond acceptors (Lipinski definition) is 7. The molecule has 1 aliphatic rings. The number of nitro groups is 1. The van der Waals surface area contributed by atoms with E-state index in [0.717, 1.165) is 31.7 Å². The second-order valence-electron chi connectivity index (χ2n) is 6.97. The van der Waals surface area contributed by atoms with E-state index >= 15 is 0 Å². The highest BCUT2D eigenvalue weighted by atomic mass is 16.6. The molecule has 2 aromatic carbocycles. The third-order valence-electron chi connectivity index (χ3n) is 5.08. The van der Waals surface area contributed by atoms with Crippen LogP contribution in [0.15, 0.2) is 48.8 Å². The minimum absolute atomic E-state index is 0.0922. The fraction of sp³-hybridized carbons (Fsp3) is 0.300. The fourth-order valence-electron chi connectivity index (χ4n) is 3.45. The van der Waals surface area contributed by atoms with E-state index in [1.807, 2.05) is 36.4 Å². The van der Waals surface area contributed by atoms with Gasteiger partial charge in [0.1, 0.15) is 17.8 Å². The molecule has 2 heterocycles. The zero-order valence-electron chi connectivity index (χ0n) is 15.7. The Bertz CT molecular complexity index is 987. The molecule has 144 valence electrons. The number of nitrogens with one attached hydrogen (secondary N) is 1. The zero-order valence-corrected chi connectivity index (χ0v) is 15.7. The summed E-state index contributed by atoms with van der Waals surface area (Å²) in [5.41, 5.74) is 2.52. The molecule has 28 heavy (non-hydrogen) atoms. The first kappa shape index (κ1) is 18.1. The van der Waals surface area contributed by atoms with Crippen LogP contribution in [0.5, 0.6) is 0 Å². The molecule has 0 atom stereocenters. The maximum atomic E-state index is 11.8. The van der Waals surface area contributed by atoms with Gasteiger partial charge in [-0.15, -0.1) is 0 Å². The van der Waals surface area contributed by atoms with E-state index in [9.17, 15) is 10.1 Å². The Morgan fingerprint density at radius 3 is 2.57 bits per heavy atom. The normalized spacial score (nSPS) is 15.0. The Balaban J connectivity index is 1.69. The number of anilines is 2. The Labute approximate surface area is 163 Å². The third-order valence-corrected chi connectivity index (χ3v) is 5.08. The predicted octanol–water partition coefficient (Wildman–Crippen LogP) is 2.90. The SMILES string of the molecule is CN1CCN(c2cc3ncnc(NCc4ccccc4)c3cc2[N+](=O)[O-])CC1. The summed E-state index contributed by atoms with van der Waals surface area (Å²) in [6.07, 6.45) is 1.50. The first-order valence-corrected chi connectivity index (χ1v) is 9.26. The lowest BCUT2D eigenvalue weighted by molar-refractivity contribution is -0.384. The molecule has 1 saturated heterocycles. The molecule has 0 aliphatic carbocycles. The second-order valence-corrected chi connectivity index (χ2v) is 6.97. The molecular formula is C20H22N6O2. The van der Waals surface area contributed by atoms with Gasteiger partial charge in [0.25, 0.3) is 5.69 Å². The number of fused-ring (bicyclic) bond motifs is 1. The molecule has 0 spiro atoms. The number of aromatic nitrogens is 2. The van der Waals surface area contributed by atoms with Gasteiger partial charge in [0.05, 0.1) is 10.4 Å². The number of nitro benzene ring substituents is 1. The highest BCUT2D eigenvalue weighted by Gasteiger charge is 2.24. The summed E-state index contributed by atoms with van der Waals surface area (Å²) in [5, 5.41) is 15.7. The second kappa shape index (κ2) is 7.77. The number of benzene rings is 2. The lowest BCUT2D eigenvalue weighted by Gasteiger charge is -2.33. The van der Waals surface area contributed by atoms with E-state index in [0.29, 0.717) is 29.0 Å². The van der Waals surface area contributed by atoms with E-state index < -0.39 is 0 Å². The summed E-state index contributed by atoms with van der Waals surface area (Å²) in [7, 11) is 2.06. The van der Waals surface area contributed by atoms with Gasteiger partial charge in [0.15, 0.2) is 0 Å². The zero-order chi connectivity index (χ0) is 19.5. The molecule has 0 unspecified atom stereocenters. The van der Waals surface area contributed by atoms with Crippen molar-refractivity contribution in [1.29, 1.82) is 0 Å². The van der Waals surface area contributed by atoms with Gasteiger partial charge in [-0.1, -0.05) is 30.3 Å². The van der Waals surface area contributed by atoms with Crippen LogP contribution in [0.4, 0.5) is 17.2 Å². The monoisotopic (exact) mass is 378 g/mol. The average Bonchev–Trinajstić information content (AvgIpc) is 2.72. The molecule has 0 amide bonds. The van der Waals surface area contributed by atoms with E-state index in [-0.39, 0.29) is 10.6 Å². The third kappa shape index (κ3) is 3.72. The standard InChI is InChI=1S/C20H22N6O2/c1-24-7-9-25(10-8-24)18-12-17-16(11-19(18)26(27)28)20(23-14-22-17)21-13-15-5-3-2-4-6-15/h2-6,11-12,14H,7-10,13H2,1H3,(H,21,22,23). The minimum Gasteiger partial charge on any atom is -0.365 e. The van der Waals surface area contributed by atoms with Crippen LogP contribution in [-0.2, 0) is 6.54 Å². The van der Waals surface area contributed by atoms with Gasteiger partial charge in [0, 0.05) is 44.2 Å². The van der Waals surface area contributed by atoms with Crippen molar-refractivity contribution in [1.82, 2.24) is 14.9 Å². The van der Waals surface area contributed by atoms with Crippen LogP contribution in [0, 0.1) is 10.1 Å². The molecule has 8 heteroatoms. The maximum absolute atomic E-state index is 11.8. The number of likely N-dealkylation sites (N-methyl/N-ethyl adjacent to an activating group) is 1. The lowest BCUT2D eigenvalue weighted by Crippen LogP contribution is -2.44. The van der Waals surface area contributed by atoms with Gasteiger partial charge in [-0.05, 0) is 18.7 Å². The van der Waals surface area contributed by atoms with E-state index in [1.54, 1.807) is 6.07 Å². The number of hydrogen-bond donors (Lipinski definition) is 1.